The van der Waals surface area contributed by atoms with Gasteiger partial charge in [-0.25, -0.2) is 0 Å². The highest BCUT2D eigenvalue weighted by molar-refractivity contribution is 5.37. The van der Waals surface area contributed by atoms with Crippen molar-refractivity contribution in [1.82, 2.24) is 0 Å². The summed E-state index contributed by atoms with van der Waals surface area (Å²) in [6.45, 7) is 0.757. The highest BCUT2D eigenvalue weighted by atomic mass is 16.5. The number of fused-ring (bicyclic) bond motifs is 1. The summed E-state index contributed by atoms with van der Waals surface area (Å²) in [5, 5.41) is 10.3. The van der Waals surface area contributed by atoms with Gasteiger partial charge in [-0.2, -0.15) is 0 Å². The number of aliphatic hydroxyl groups excluding tert-OH is 1. The van der Waals surface area contributed by atoms with E-state index >= 15 is 0 Å². The molecule has 3 rings (SSSR count). The van der Waals surface area contributed by atoms with Crippen molar-refractivity contribution in [1.29, 1.82) is 0 Å². The topological polar surface area (TPSA) is 29.5 Å². The van der Waals surface area contributed by atoms with Crippen molar-refractivity contribution in [2.45, 2.75) is 37.7 Å². The van der Waals surface area contributed by atoms with E-state index in [1.165, 1.54) is 11.1 Å². The number of hydrogen-bond acceptors (Lipinski definition) is 2. The Morgan fingerprint density at radius 1 is 1.05 bits per heavy atom. The molecule has 1 N–H and O–H groups in total. The zero-order valence-corrected chi connectivity index (χ0v) is 12.2. The van der Waals surface area contributed by atoms with Gasteiger partial charge in [0.15, 0.2) is 0 Å². The van der Waals surface area contributed by atoms with Crippen molar-refractivity contribution in [3.8, 4) is 5.75 Å². The maximum absolute atomic E-state index is 10.3. The quantitative estimate of drug-likeness (QED) is 0.900. The Labute approximate surface area is 126 Å². The molecule has 1 heterocycles. The number of aryl methyl sites for hydroxylation is 1. The Hall–Kier alpha value is -1.80. The lowest BCUT2D eigenvalue weighted by Gasteiger charge is -2.27. The molecule has 0 spiro atoms. The molecule has 0 aromatic heterocycles. The van der Waals surface area contributed by atoms with Gasteiger partial charge in [0.2, 0.25) is 0 Å². The second-order valence-corrected chi connectivity index (χ2v) is 5.79. The number of aliphatic hydroxyl groups is 1. The van der Waals surface area contributed by atoms with Crippen LogP contribution in [0.25, 0.3) is 0 Å². The molecule has 1 aliphatic heterocycles. The molecule has 110 valence electrons. The van der Waals surface area contributed by atoms with Gasteiger partial charge in [0.05, 0.1) is 12.7 Å². The zero-order chi connectivity index (χ0) is 14.5. The fraction of sp³-hybridized carbons (Fsp3) is 0.368. The third-order valence-electron chi connectivity index (χ3n) is 4.25. The van der Waals surface area contributed by atoms with Gasteiger partial charge < -0.3 is 9.84 Å². The van der Waals surface area contributed by atoms with E-state index in [1.54, 1.807) is 0 Å². The summed E-state index contributed by atoms with van der Waals surface area (Å²) in [4.78, 5) is 0. The number of para-hydroxylation sites is 1. The molecular weight excluding hydrogens is 260 g/mol. The van der Waals surface area contributed by atoms with Crippen LogP contribution in [0.15, 0.2) is 54.6 Å². The third-order valence-corrected chi connectivity index (χ3v) is 4.25. The molecule has 21 heavy (non-hydrogen) atoms. The number of hydrogen-bond donors (Lipinski definition) is 1. The van der Waals surface area contributed by atoms with E-state index in [1.807, 2.05) is 18.2 Å². The van der Waals surface area contributed by atoms with Gasteiger partial charge in [0.25, 0.3) is 0 Å². The second-order valence-electron chi connectivity index (χ2n) is 5.79. The van der Waals surface area contributed by atoms with Crippen molar-refractivity contribution in [3.05, 3.63) is 65.7 Å². The summed E-state index contributed by atoms with van der Waals surface area (Å²) in [5.41, 5.74) is 2.55. The third kappa shape index (κ3) is 3.64. The Balaban J connectivity index is 1.57. The van der Waals surface area contributed by atoms with Crippen molar-refractivity contribution >= 4 is 0 Å². The molecule has 2 atom stereocenters. The Kier molecular flexibility index (Phi) is 4.56. The summed E-state index contributed by atoms with van der Waals surface area (Å²) in [7, 11) is 0. The summed E-state index contributed by atoms with van der Waals surface area (Å²) < 4.78 is 5.68. The molecule has 0 aliphatic carbocycles. The lowest BCUT2D eigenvalue weighted by molar-refractivity contribution is 0.135. The first-order chi connectivity index (χ1) is 10.3. The Morgan fingerprint density at radius 2 is 1.81 bits per heavy atom. The van der Waals surface area contributed by atoms with Crippen LogP contribution in [0.2, 0.25) is 0 Å². The van der Waals surface area contributed by atoms with E-state index in [0.29, 0.717) is 5.92 Å². The van der Waals surface area contributed by atoms with Crippen molar-refractivity contribution in [3.63, 3.8) is 0 Å². The average molecular weight is 282 g/mol. The summed E-state index contributed by atoms with van der Waals surface area (Å²) >= 11 is 0. The molecule has 2 unspecified atom stereocenters. The number of rotatable bonds is 5. The van der Waals surface area contributed by atoms with Crippen LogP contribution in [0.3, 0.4) is 0 Å². The first-order valence-corrected chi connectivity index (χ1v) is 7.76. The molecule has 1 aliphatic rings. The van der Waals surface area contributed by atoms with E-state index in [0.717, 1.165) is 38.0 Å². The Bertz CT molecular complexity index is 565. The minimum atomic E-state index is -0.249. The molecule has 2 nitrogen and oxygen atoms in total. The first kappa shape index (κ1) is 14.2. The Morgan fingerprint density at radius 3 is 2.67 bits per heavy atom. The molecule has 0 bridgehead atoms. The molecule has 0 amide bonds. The van der Waals surface area contributed by atoms with Crippen LogP contribution in [0.5, 0.6) is 5.75 Å². The molecule has 2 aromatic carbocycles. The lowest BCUT2D eigenvalue weighted by atomic mass is 9.87. The minimum Gasteiger partial charge on any atom is -0.493 e. The average Bonchev–Trinajstić information content (AvgIpc) is 2.54. The fourth-order valence-electron chi connectivity index (χ4n) is 3.08. The van der Waals surface area contributed by atoms with Crippen LogP contribution in [0.1, 0.15) is 36.3 Å². The van der Waals surface area contributed by atoms with Crippen LogP contribution in [-0.4, -0.2) is 17.8 Å². The van der Waals surface area contributed by atoms with Gasteiger partial charge >= 0.3 is 0 Å². The molecule has 0 saturated carbocycles. The van der Waals surface area contributed by atoms with E-state index in [2.05, 4.69) is 36.4 Å². The minimum absolute atomic E-state index is 0.249. The standard InChI is InChI=1S/C19H22O2/c20-17(11-10-15-6-2-1-3-7-15)14-16-12-13-21-19-9-5-4-8-18(16)19/h1-9,16-17,20H,10-14H2. The van der Waals surface area contributed by atoms with Gasteiger partial charge in [0, 0.05) is 0 Å². The maximum Gasteiger partial charge on any atom is 0.122 e. The molecule has 0 fully saturated rings. The predicted molar refractivity (Wildman–Crippen MR) is 84.7 cm³/mol. The zero-order valence-electron chi connectivity index (χ0n) is 12.2. The number of ether oxygens (including phenoxy) is 1. The lowest BCUT2D eigenvalue weighted by Crippen LogP contribution is -2.19. The molecule has 2 heteroatoms. The monoisotopic (exact) mass is 282 g/mol. The van der Waals surface area contributed by atoms with Crippen LogP contribution >= 0.6 is 0 Å². The van der Waals surface area contributed by atoms with Crippen LogP contribution in [0.4, 0.5) is 0 Å². The fourth-order valence-corrected chi connectivity index (χ4v) is 3.08. The second kappa shape index (κ2) is 6.77. The van der Waals surface area contributed by atoms with E-state index in [9.17, 15) is 5.11 Å². The van der Waals surface area contributed by atoms with Crippen molar-refractivity contribution in [2.24, 2.45) is 0 Å². The highest BCUT2D eigenvalue weighted by Crippen LogP contribution is 2.36. The van der Waals surface area contributed by atoms with E-state index in [4.69, 9.17) is 4.74 Å². The van der Waals surface area contributed by atoms with Gasteiger partial charge in [-0.05, 0) is 48.8 Å². The largest absolute Gasteiger partial charge is 0.493 e. The van der Waals surface area contributed by atoms with Crippen molar-refractivity contribution in [2.75, 3.05) is 6.61 Å². The predicted octanol–water partition coefficient (Wildman–Crippen LogP) is 3.94. The van der Waals surface area contributed by atoms with Crippen LogP contribution in [-0.2, 0) is 6.42 Å². The highest BCUT2D eigenvalue weighted by Gasteiger charge is 2.23. The maximum atomic E-state index is 10.3. The molecule has 2 aromatic rings. The summed E-state index contributed by atoms with van der Waals surface area (Å²) in [6.07, 6.45) is 3.34. The molecule has 0 radical (unpaired) electrons. The van der Waals surface area contributed by atoms with Gasteiger partial charge in [0.1, 0.15) is 5.75 Å². The van der Waals surface area contributed by atoms with Gasteiger partial charge in [-0.1, -0.05) is 48.5 Å². The number of benzene rings is 2. The van der Waals surface area contributed by atoms with E-state index in [-0.39, 0.29) is 6.10 Å². The molecular formula is C19H22O2. The smallest absolute Gasteiger partial charge is 0.122 e. The van der Waals surface area contributed by atoms with Gasteiger partial charge in [-0.15, -0.1) is 0 Å². The summed E-state index contributed by atoms with van der Waals surface area (Å²) in [5.74, 6) is 1.41. The molecule has 0 saturated heterocycles. The van der Waals surface area contributed by atoms with Crippen molar-refractivity contribution < 1.29 is 9.84 Å². The SMILES string of the molecule is OC(CCc1ccccc1)CC1CCOc2ccccc21. The van der Waals surface area contributed by atoms with Gasteiger partial charge in [-0.3, -0.25) is 0 Å². The van der Waals surface area contributed by atoms with Crippen LogP contribution in [0, 0.1) is 0 Å². The normalized spacial score (nSPS) is 18.6. The van der Waals surface area contributed by atoms with E-state index < -0.39 is 0 Å². The first-order valence-electron chi connectivity index (χ1n) is 7.76. The summed E-state index contributed by atoms with van der Waals surface area (Å²) in [6, 6.07) is 18.6. The van der Waals surface area contributed by atoms with Crippen LogP contribution < -0.4 is 4.74 Å².